The van der Waals surface area contributed by atoms with Crippen molar-refractivity contribution in [1.29, 1.82) is 0 Å². The number of hydrogen-bond acceptors (Lipinski definition) is 1. The van der Waals surface area contributed by atoms with E-state index in [9.17, 15) is 4.79 Å². The number of hydrogen-bond donors (Lipinski definition) is 1. The highest BCUT2D eigenvalue weighted by Gasteiger charge is 2.26. The van der Waals surface area contributed by atoms with Gasteiger partial charge in [0.1, 0.15) is 0 Å². The van der Waals surface area contributed by atoms with Gasteiger partial charge in [-0.2, -0.15) is 0 Å². The Kier molecular flexibility index (Phi) is 18.1. The van der Waals surface area contributed by atoms with Gasteiger partial charge in [-0.15, -0.1) is 0 Å². The Bertz CT molecular complexity index is 352. The molecule has 0 aromatic rings. The molecule has 1 atom stereocenters. The van der Waals surface area contributed by atoms with Crippen molar-refractivity contribution in [2.24, 2.45) is 0 Å². The second kappa shape index (κ2) is 18.5. The quantitative estimate of drug-likeness (QED) is 0.131. The fraction of sp³-hybridized carbons (Fsp3) is 0.960. The number of amides is 1. The van der Waals surface area contributed by atoms with E-state index in [-0.39, 0.29) is 12.1 Å². The average Bonchev–Trinajstić information content (AvgIpc) is 2.70. The number of unbranched alkanes of at least 4 members (excludes halogenated alkanes) is 14. The predicted molar refractivity (Wildman–Crippen MR) is 124 cm³/mol. The van der Waals surface area contributed by atoms with E-state index < -0.39 is 0 Å². The van der Waals surface area contributed by atoms with Gasteiger partial charge in [0.2, 0.25) is 5.91 Å². The van der Waals surface area contributed by atoms with Crippen LogP contribution in [0.4, 0.5) is 0 Å². The smallest absolute Gasteiger partial charge is 0.224 e. The van der Waals surface area contributed by atoms with Gasteiger partial charge >= 0.3 is 0 Å². The van der Waals surface area contributed by atoms with Gasteiger partial charge in [-0.1, -0.05) is 96.8 Å². The summed E-state index contributed by atoms with van der Waals surface area (Å²) < 4.78 is 0.907. The van der Waals surface area contributed by atoms with Crippen molar-refractivity contribution in [3.8, 4) is 0 Å². The summed E-state index contributed by atoms with van der Waals surface area (Å²) in [4.78, 5) is 12.1. The van der Waals surface area contributed by atoms with Gasteiger partial charge in [0.05, 0.1) is 20.1 Å². The maximum Gasteiger partial charge on any atom is 0.224 e. The van der Waals surface area contributed by atoms with Crippen molar-refractivity contribution in [2.75, 3.05) is 20.1 Å². The number of rotatable bonds is 20. The SMILES string of the molecule is CCCCCCCCCCCCCCCCCC(=O)NC(C)[N+](C)(CC)CC. The normalized spacial score (nSPS) is 12.9. The lowest BCUT2D eigenvalue weighted by Gasteiger charge is -2.38. The first kappa shape index (κ1) is 27.4. The van der Waals surface area contributed by atoms with Crippen LogP contribution in [0.15, 0.2) is 0 Å². The minimum Gasteiger partial charge on any atom is -0.307 e. The Morgan fingerprint density at radius 2 is 1.04 bits per heavy atom. The van der Waals surface area contributed by atoms with Crippen LogP contribution in [0.2, 0.25) is 0 Å². The summed E-state index contributed by atoms with van der Waals surface area (Å²) in [5.74, 6) is 0.230. The minimum atomic E-state index is 0.207. The van der Waals surface area contributed by atoms with E-state index in [2.05, 4.69) is 40.1 Å². The van der Waals surface area contributed by atoms with E-state index in [4.69, 9.17) is 0 Å². The summed E-state index contributed by atoms with van der Waals surface area (Å²) >= 11 is 0. The molecular weight excluding hydrogens is 344 g/mol. The second-order valence-electron chi connectivity index (χ2n) is 9.06. The van der Waals surface area contributed by atoms with E-state index >= 15 is 0 Å². The first-order valence-corrected chi connectivity index (χ1v) is 12.6. The first-order valence-electron chi connectivity index (χ1n) is 12.6. The molecule has 0 aliphatic rings. The summed E-state index contributed by atoms with van der Waals surface area (Å²) in [5.41, 5.74) is 0. The van der Waals surface area contributed by atoms with E-state index in [0.29, 0.717) is 6.42 Å². The first-order chi connectivity index (χ1) is 13.5. The fourth-order valence-electron chi connectivity index (χ4n) is 3.89. The van der Waals surface area contributed by atoms with E-state index in [0.717, 1.165) is 24.0 Å². The van der Waals surface area contributed by atoms with Crippen LogP contribution in [0.5, 0.6) is 0 Å². The molecule has 0 spiro atoms. The van der Waals surface area contributed by atoms with Gasteiger partial charge in [0.15, 0.2) is 6.17 Å². The number of quaternary nitrogens is 1. The van der Waals surface area contributed by atoms with Crippen LogP contribution in [-0.2, 0) is 4.79 Å². The molecule has 0 fully saturated rings. The largest absolute Gasteiger partial charge is 0.307 e. The van der Waals surface area contributed by atoms with E-state index in [1.807, 2.05) is 0 Å². The molecule has 0 bridgehead atoms. The topological polar surface area (TPSA) is 29.1 Å². The highest BCUT2D eigenvalue weighted by atomic mass is 16.1. The molecule has 1 amide bonds. The molecule has 1 unspecified atom stereocenters. The lowest BCUT2D eigenvalue weighted by molar-refractivity contribution is -0.930. The van der Waals surface area contributed by atoms with Crippen molar-refractivity contribution < 1.29 is 9.28 Å². The molecule has 0 radical (unpaired) electrons. The molecule has 0 heterocycles. The molecule has 0 saturated carbocycles. The third-order valence-electron chi connectivity index (χ3n) is 6.76. The standard InChI is InChI=1S/C25H52N2O/c1-6-9-10-11-12-13-14-15-16-17-18-19-20-21-22-23-25(28)26-24(4)27(5,7-2)8-3/h24H,6-23H2,1-5H3/p+1. The number of nitrogens with zero attached hydrogens (tertiary/aromatic N) is 1. The summed E-state index contributed by atoms with van der Waals surface area (Å²) in [5, 5.41) is 3.21. The van der Waals surface area contributed by atoms with Crippen molar-refractivity contribution in [3.63, 3.8) is 0 Å². The van der Waals surface area contributed by atoms with Crippen LogP contribution in [0.1, 0.15) is 130 Å². The molecule has 28 heavy (non-hydrogen) atoms. The third-order valence-corrected chi connectivity index (χ3v) is 6.76. The Balaban J connectivity index is 3.40. The third kappa shape index (κ3) is 14.4. The Morgan fingerprint density at radius 3 is 1.39 bits per heavy atom. The molecule has 168 valence electrons. The Labute approximate surface area is 177 Å². The zero-order valence-electron chi connectivity index (χ0n) is 20.2. The lowest BCUT2D eigenvalue weighted by atomic mass is 10.0. The van der Waals surface area contributed by atoms with Gasteiger partial charge in [0, 0.05) is 13.3 Å². The van der Waals surface area contributed by atoms with Gasteiger partial charge in [0.25, 0.3) is 0 Å². The monoisotopic (exact) mass is 397 g/mol. The average molecular weight is 398 g/mol. The molecule has 0 aromatic heterocycles. The molecule has 3 heteroatoms. The van der Waals surface area contributed by atoms with Crippen LogP contribution >= 0.6 is 0 Å². The van der Waals surface area contributed by atoms with Crippen LogP contribution in [0.3, 0.4) is 0 Å². The molecule has 0 saturated heterocycles. The molecule has 0 aromatic carbocycles. The van der Waals surface area contributed by atoms with E-state index in [1.54, 1.807) is 0 Å². The maximum atomic E-state index is 12.1. The summed E-state index contributed by atoms with van der Waals surface area (Å²) in [7, 11) is 2.22. The zero-order valence-corrected chi connectivity index (χ0v) is 20.2. The van der Waals surface area contributed by atoms with Crippen molar-refractivity contribution in [1.82, 2.24) is 5.32 Å². The highest BCUT2D eigenvalue weighted by molar-refractivity contribution is 5.75. The number of carbonyl (C=O) groups excluding carboxylic acids is 1. The molecule has 0 rings (SSSR count). The van der Waals surface area contributed by atoms with Crippen molar-refractivity contribution in [3.05, 3.63) is 0 Å². The van der Waals surface area contributed by atoms with Crippen LogP contribution in [-0.4, -0.2) is 36.7 Å². The molecule has 0 aliphatic carbocycles. The minimum absolute atomic E-state index is 0.207. The van der Waals surface area contributed by atoms with Gasteiger partial charge in [-0.25, -0.2) is 0 Å². The zero-order chi connectivity index (χ0) is 21.1. The predicted octanol–water partition coefficient (Wildman–Crippen LogP) is 7.20. The van der Waals surface area contributed by atoms with Gasteiger partial charge < -0.3 is 9.80 Å². The Hall–Kier alpha value is -0.570. The van der Waals surface area contributed by atoms with Crippen molar-refractivity contribution >= 4 is 5.91 Å². The lowest BCUT2D eigenvalue weighted by Crippen LogP contribution is -2.58. The van der Waals surface area contributed by atoms with Crippen LogP contribution < -0.4 is 5.32 Å². The maximum absolute atomic E-state index is 12.1. The van der Waals surface area contributed by atoms with E-state index in [1.165, 1.54) is 89.9 Å². The summed E-state index contributed by atoms with van der Waals surface area (Å²) in [6.07, 6.45) is 21.4. The molecule has 1 N–H and O–H groups in total. The summed E-state index contributed by atoms with van der Waals surface area (Å²) in [6.45, 7) is 10.9. The van der Waals surface area contributed by atoms with Crippen molar-refractivity contribution in [2.45, 2.75) is 137 Å². The van der Waals surface area contributed by atoms with Gasteiger partial charge in [-0.05, 0) is 20.3 Å². The van der Waals surface area contributed by atoms with Gasteiger partial charge in [-0.3, -0.25) is 4.79 Å². The summed E-state index contributed by atoms with van der Waals surface area (Å²) in [6, 6.07) is 0. The number of carbonyl (C=O) groups is 1. The second-order valence-corrected chi connectivity index (χ2v) is 9.06. The Morgan fingerprint density at radius 1 is 0.679 bits per heavy atom. The molecule has 0 aliphatic heterocycles. The number of nitrogens with one attached hydrogen (secondary N) is 1. The molecular formula is C25H53N2O+. The van der Waals surface area contributed by atoms with Crippen LogP contribution in [0.25, 0.3) is 0 Å². The van der Waals surface area contributed by atoms with Crippen LogP contribution in [0, 0.1) is 0 Å². The molecule has 3 nitrogen and oxygen atoms in total. The highest BCUT2D eigenvalue weighted by Crippen LogP contribution is 2.14. The fourth-order valence-corrected chi connectivity index (χ4v) is 3.89.